The van der Waals surface area contributed by atoms with Gasteiger partial charge in [-0.25, -0.2) is 0 Å². The number of methoxy groups -OCH3 is 1. The van der Waals surface area contributed by atoms with Gasteiger partial charge in [0.2, 0.25) is 5.91 Å². The Morgan fingerprint density at radius 3 is 2.61 bits per heavy atom. The van der Waals surface area contributed by atoms with Gasteiger partial charge in [-0.2, -0.15) is 0 Å². The molecule has 2 aromatic rings. The van der Waals surface area contributed by atoms with E-state index in [1.165, 1.54) is 4.90 Å². The minimum atomic E-state index is -0.295. The fourth-order valence-electron chi connectivity index (χ4n) is 2.03. The van der Waals surface area contributed by atoms with Crippen molar-refractivity contribution in [1.29, 1.82) is 0 Å². The summed E-state index contributed by atoms with van der Waals surface area (Å²) in [5.41, 5.74) is 1.05. The monoisotopic (exact) mass is 332 g/mol. The van der Waals surface area contributed by atoms with E-state index in [0.717, 1.165) is 0 Å². The third-order valence-electron chi connectivity index (χ3n) is 3.15. The minimum absolute atomic E-state index is 0.0669. The van der Waals surface area contributed by atoms with Crippen molar-refractivity contribution < 1.29 is 14.3 Å². The first-order chi connectivity index (χ1) is 11.0. The Bertz CT molecular complexity index is 718. The average molecular weight is 333 g/mol. The molecule has 0 aliphatic heterocycles. The molecule has 23 heavy (non-hydrogen) atoms. The molecule has 120 valence electrons. The summed E-state index contributed by atoms with van der Waals surface area (Å²) in [6.45, 7) is -0.0669. The van der Waals surface area contributed by atoms with Crippen molar-refractivity contribution in [2.45, 2.75) is 0 Å². The van der Waals surface area contributed by atoms with E-state index in [1.807, 2.05) is 0 Å². The Morgan fingerprint density at radius 1 is 1.17 bits per heavy atom. The predicted octanol–water partition coefficient (Wildman–Crippen LogP) is 3.06. The molecule has 0 atom stereocenters. The zero-order valence-electron chi connectivity index (χ0n) is 12.9. The number of amides is 2. The highest BCUT2D eigenvalue weighted by Crippen LogP contribution is 2.17. The van der Waals surface area contributed by atoms with Crippen LogP contribution >= 0.6 is 11.6 Å². The van der Waals surface area contributed by atoms with Crippen LogP contribution in [0.5, 0.6) is 5.75 Å². The van der Waals surface area contributed by atoms with Crippen LogP contribution in [0.15, 0.2) is 48.5 Å². The van der Waals surface area contributed by atoms with Crippen LogP contribution < -0.4 is 10.1 Å². The van der Waals surface area contributed by atoms with Gasteiger partial charge in [0.1, 0.15) is 5.75 Å². The molecule has 0 bridgehead atoms. The molecule has 0 fully saturated rings. The molecule has 0 saturated carbocycles. The predicted molar refractivity (Wildman–Crippen MR) is 90.0 cm³/mol. The SMILES string of the molecule is COc1cccc(NC(=O)CN(C)C(=O)c2cccc(Cl)c2)c1. The van der Waals surface area contributed by atoms with E-state index in [-0.39, 0.29) is 18.4 Å². The highest BCUT2D eigenvalue weighted by atomic mass is 35.5. The van der Waals surface area contributed by atoms with E-state index >= 15 is 0 Å². The van der Waals surface area contributed by atoms with Crippen LogP contribution in [-0.4, -0.2) is 37.4 Å². The van der Waals surface area contributed by atoms with Crippen molar-refractivity contribution in [3.63, 3.8) is 0 Å². The smallest absolute Gasteiger partial charge is 0.254 e. The van der Waals surface area contributed by atoms with Crippen LogP contribution in [-0.2, 0) is 4.79 Å². The lowest BCUT2D eigenvalue weighted by Crippen LogP contribution is -2.34. The number of rotatable bonds is 5. The molecule has 0 saturated heterocycles. The summed E-state index contributed by atoms with van der Waals surface area (Å²) >= 11 is 5.87. The number of nitrogens with one attached hydrogen (secondary N) is 1. The highest BCUT2D eigenvalue weighted by Gasteiger charge is 2.15. The van der Waals surface area contributed by atoms with Crippen LogP contribution in [0, 0.1) is 0 Å². The summed E-state index contributed by atoms with van der Waals surface area (Å²) in [6, 6.07) is 13.6. The average Bonchev–Trinajstić information content (AvgIpc) is 2.54. The number of hydrogen-bond donors (Lipinski definition) is 1. The quantitative estimate of drug-likeness (QED) is 0.915. The summed E-state index contributed by atoms with van der Waals surface area (Å²) in [4.78, 5) is 25.6. The maximum atomic E-state index is 12.3. The van der Waals surface area contributed by atoms with E-state index in [1.54, 1.807) is 62.7 Å². The van der Waals surface area contributed by atoms with Crippen LogP contribution in [0.2, 0.25) is 5.02 Å². The maximum absolute atomic E-state index is 12.3. The molecule has 2 aromatic carbocycles. The summed E-state index contributed by atoms with van der Waals surface area (Å²) in [5.74, 6) is 0.0792. The lowest BCUT2D eigenvalue weighted by Gasteiger charge is -2.17. The van der Waals surface area contributed by atoms with E-state index in [4.69, 9.17) is 16.3 Å². The third kappa shape index (κ3) is 4.72. The Balaban J connectivity index is 1.97. The molecular weight excluding hydrogens is 316 g/mol. The van der Waals surface area contributed by atoms with Crippen LogP contribution in [0.4, 0.5) is 5.69 Å². The number of anilines is 1. The first-order valence-electron chi connectivity index (χ1n) is 6.94. The van der Waals surface area contributed by atoms with E-state index in [9.17, 15) is 9.59 Å². The van der Waals surface area contributed by atoms with E-state index < -0.39 is 0 Å². The molecule has 0 aliphatic carbocycles. The van der Waals surface area contributed by atoms with Crippen LogP contribution in [0.25, 0.3) is 0 Å². The number of likely N-dealkylation sites (N-methyl/N-ethyl adjacent to an activating group) is 1. The molecule has 2 rings (SSSR count). The zero-order chi connectivity index (χ0) is 16.8. The standard InChI is InChI=1S/C17H17ClN2O3/c1-20(17(22)12-5-3-6-13(18)9-12)11-16(21)19-14-7-4-8-15(10-14)23-2/h3-10H,11H2,1-2H3,(H,19,21). The van der Waals surface area contributed by atoms with Gasteiger partial charge >= 0.3 is 0 Å². The number of ether oxygens (including phenoxy) is 1. The molecule has 5 nitrogen and oxygen atoms in total. The lowest BCUT2D eigenvalue weighted by atomic mass is 10.2. The molecule has 0 aromatic heterocycles. The summed E-state index contributed by atoms with van der Waals surface area (Å²) in [6.07, 6.45) is 0. The summed E-state index contributed by atoms with van der Waals surface area (Å²) < 4.78 is 5.10. The Morgan fingerprint density at radius 2 is 1.91 bits per heavy atom. The van der Waals surface area contributed by atoms with Gasteiger partial charge < -0.3 is 15.0 Å². The van der Waals surface area contributed by atoms with Gasteiger partial charge in [-0.1, -0.05) is 23.7 Å². The van der Waals surface area contributed by atoms with Gasteiger partial charge in [0, 0.05) is 29.4 Å². The molecular formula is C17H17ClN2O3. The zero-order valence-corrected chi connectivity index (χ0v) is 13.6. The number of hydrogen-bond acceptors (Lipinski definition) is 3. The fraction of sp³-hybridized carbons (Fsp3) is 0.176. The second-order valence-corrected chi connectivity index (χ2v) is 5.39. The van der Waals surface area contributed by atoms with E-state index in [2.05, 4.69) is 5.32 Å². The Labute approximate surface area is 139 Å². The number of benzene rings is 2. The molecule has 0 aliphatic rings. The minimum Gasteiger partial charge on any atom is -0.497 e. The number of halogens is 1. The molecule has 2 amide bonds. The molecule has 0 radical (unpaired) electrons. The van der Waals surface area contributed by atoms with Gasteiger partial charge in [-0.15, -0.1) is 0 Å². The molecule has 1 N–H and O–H groups in total. The number of carbonyl (C=O) groups excluding carboxylic acids is 2. The summed E-state index contributed by atoms with van der Waals surface area (Å²) in [5, 5.41) is 3.20. The van der Waals surface area contributed by atoms with Gasteiger partial charge in [0.25, 0.3) is 5.91 Å². The summed E-state index contributed by atoms with van der Waals surface area (Å²) in [7, 11) is 3.12. The van der Waals surface area contributed by atoms with Crippen molar-refractivity contribution in [1.82, 2.24) is 4.90 Å². The molecule has 0 unspecified atom stereocenters. The lowest BCUT2D eigenvalue weighted by molar-refractivity contribution is -0.116. The maximum Gasteiger partial charge on any atom is 0.254 e. The van der Waals surface area contributed by atoms with Crippen LogP contribution in [0.1, 0.15) is 10.4 Å². The van der Waals surface area contributed by atoms with Gasteiger partial charge in [0.15, 0.2) is 0 Å². The topological polar surface area (TPSA) is 58.6 Å². The first-order valence-corrected chi connectivity index (χ1v) is 7.32. The largest absolute Gasteiger partial charge is 0.497 e. The molecule has 0 spiro atoms. The van der Waals surface area contributed by atoms with Gasteiger partial charge in [0.05, 0.1) is 13.7 Å². The normalized spacial score (nSPS) is 10.0. The van der Waals surface area contributed by atoms with Crippen molar-refractivity contribution in [3.8, 4) is 5.75 Å². The molecule has 0 heterocycles. The molecule has 6 heteroatoms. The van der Waals surface area contributed by atoms with Crippen molar-refractivity contribution >= 4 is 29.1 Å². The highest BCUT2D eigenvalue weighted by molar-refractivity contribution is 6.31. The number of nitrogens with zero attached hydrogens (tertiary/aromatic N) is 1. The Hall–Kier alpha value is -2.53. The van der Waals surface area contributed by atoms with Crippen molar-refractivity contribution in [3.05, 3.63) is 59.1 Å². The third-order valence-corrected chi connectivity index (χ3v) is 3.39. The first kappa shape index (κ1) is 16.8. The van der Waals surface area contributed by atoms with E-state index in [0.29, 0.717) is 22.0 Å². The van der Waals surface area contributed by atoms with Gasteiger partial charge in [-0.05, 0) is 30.3 Å². The van der Waals surface area contributed by atoms with Gasteiger partial charge in [-0.3, -0.25) is 9.59 Å². The Kier molecular flexibility index (Phi) is 5.60. The fourth-order valence-corrected chi connectivity index (χ4v) is 2.22. The van der Waals surface area contributed by atoms with Crippen molar-refractivity contribution in [2.75, 3.05) is 26.0 Å². The second-order valence-electron chi connectivity index (χ2n) is 4.95. The van der Waals surface area contributed by atoms with Crippen LogP contribution in [0.3, 0.4) is 0 Å². The number of carbonyl (C=O) groups is 2. The van der Waals surface area contributed by atoms with Crippen molar-refractivity contribution in [2.24, 2.45) is 0 Å². The second kappa shape index (κ2) is 7.65.